The third-order valence-corrected chi connectivity index (χ3v) is 4.76. The van der Waals surface area contributed by atoms with Crippen LogP contribution in [0.4, 0.5) is 0 Å². The highest BCUT2D eigenvalue weighted by Crippen LogP contribution is 2.26. The first-order valence-electron chi connectivity index (χ1n) is 7.11. The first-order chi connectivity index (χ1) is 9.85. The van der Waals surface area contributed by atoms with Crippen LogP contribution in [0.3, 0.4) is 0 Å². The Morgan fingerprint density at radius 1 is 1.43 bits per heavy atom. The number of hydrogen-bond donors (Lipinski definition) is 2. The Hall–Kier alpha value is -0.920. The average Bonchev–Trinajstić information content (AvgIpc) is 2.70. The molecular weight excluding hydrogens is 294 g/mol. The van der Waals surface area contributed by atoms with Gasteiger partial charge in [0.1, 0.15) is 0 Å². The maximum absolute atomic E-state index is 12.1. The smallest absolute Gasteiger partial charge is 0.243 e. The summed E-state index contributed by atoms with van der Waals surface area (Å²) in [6.07, 6.45) is -0.601. The van der Waals surface area contributed by atoms with Crippen LogP contribution >= 0.6 is 11.8 Å². The lowest BCUT2D eigenvalue weighted by Crippen LogP contribution is -2.36. The van der Waals surface area contributed by atoms with E-state index in [4.69, 9.17) is 5.11 Å². The zero-order valence-corrected chi connectivity index (χ0v) is 13.3. The quantitative estimate of drug-likeness (QED) is 0.590. The van der Waals surface area contributed by atoms with Gasteiger partial charge in [-0.3, -0.25) is 19.3 Å². The van der Waals surface area contributed by atoms with Gasteiger partial charge in [-0.15, -0.1) is 11.8 Å². The lowest BCUT2D eigenvalue weighted by atomic mass is 10.1. The molecule has 0 aliphatic carbocycles. The van der Waals surface area contributed by atoms with E-state index in [9.17, 15) is 19.5 Å². The molecule has 1 aliphatic rings. The van der Waals surface area contributed by atoms with E-state index in [1.54, 1.807) is 0 Å². The van der Waals surface area contributed by atoms with Crippen molar-refractivity contribution in [2.75, 3.05) is 18.9 Å². The van der Waals surface area contributed by atoms with Crippen molar-refractivity contribution < 1.29 is 24.6 Å². The fourth-order valence-corrected chi connectivity index (χ4v) is 3.08. The predicted octanol–water partition coefficient (Wildman–Crippen LogP) is 0.206. The number of Topliss-reactive ketones (excluding diaryl/α,β-unsaturated/α-hetero) is 1. The first-order valence-corrected chi connectivity index (χ1v) is 8.16. The summed E-state index contributed by atoms with van der Waals surface area (Å²) in [6.45, 7) is 3.46. The molecule has 6 nitrogen and oxygen atoms in total. The Morgan fingerprint density at radius 2 is 2.10 bits per heavy atom. The summed E-state index contributed by atoms with van der Waals surface area (Å²) in [7, 11) is 0. The fourth-order valence-electron chi connectivity index (χ4n) is 1.93. The van der Waals surface area contributed by atoms with Gasteiger partial charge in [0.2, 0.25) is 11.8 Å². The molecule has 120 valence electrons. The maximum atomic E-state index is 12.1. The lowest BCUT2D eigenvalue weighted by Gasteiger charge is -2.15. The van der Waals surface area contributed by atoms with Crippen LogP contribution in [0, 0.1) is 5.92 Å². The Bertz CT molecular complexity index is 399. The molecule has 1 fully saturated rings. The van der Waals surface area contributed by atoms with Crippen LogP contribution in [0.5, 0.6) is 0 Å². The molecule has 2 unspecified atom stereocenters. The van der Waals surface area contributed by atoms with E-state index in [1.165, 1.54) is 11.8 Å². The molecule has 1 heterocycles. The second-order valence-corrected chi connectivity index (χ2v) is 6.89. The third-order valence-electron chi connectivity index (χ3n) is 3.13. The number of hydrogen-bond acceptors (Lipinski definition) is 6. The van der Waals surface area contributed by atoms with Crippen molar-refractivity contribution in [3.8, 4) is 0 Å². The Morgan fingerprint density at radius 3 is 2.67 bits per heavy atom. The van der Waals surface area contributed by atoms with Gasteiger partial charge in [0.25, 0.3) is 0 Å². The molecule has 0 spiro atoms. The molecule has 0 aromatic carbocycles. The minimum atomic E-state index is -0.937. The molecule has 0 aromatic heterocycles. The maximum Gasteiger partial charge on any atom is 0.243 e. The van der Waals surface area contributed by atoms with E-state index in [2.05, 4.69) is 0 Å². The summed E-state index contributed by atoms with van der Waals surface area (Å²) in [6, 6.07) is 0. The summed E-state index contributed by atoms with van der Waals surface area (Å²) >= 11 is 1.46. The van der Waals surface area contributed by atoms with E-state index in [-0.39, 0.29) is 48.7 Å². The van der Waals surface area contributed by atoms with Crippen LogP contribution in [0.2, 0.25) is 0 Å². The Labute approximate surface area is 128 Å². The standard InChI is InChI=1S/C14H23NO5S/c1-9(2)8-21-12-5-13(19)15(14(12)20)6-10(17)3-4-11(18)7-16/h9,11-12,16,18H,3-8H2,1-2H3. The van der Waals surface area contributed by atoms with Gasteiger partial charge >= 0.3 is 0 Å². The summed E-state index contributed by atoms with van der Waals surface area (Å²) in [5, 5.41) is 17.5. The molecule has 2 atom stereocenters. The van der Waals surface area contributed by atoms with Crippen molar-refractivity contribution in [1.29, 1.82) is 0 Å². The lowest BCUT2D eigenvalue weighted by molar-refractivity contribution is -0.141. The summed E-state index contributed by atoms with van der Waals surface area (Å²) in [5.74, 6) is 0.361. The number of ketones is 1. The minimum Gasteiger partial charge on any atom is -0.394 e. The molecule has 1 aliphatic heterocycles. The van der Waals surface area contributed by atoms with Gasteiger partial charge in [0.15, 0.2) is 5.78 Å². The van der Waals surface area contributed by atoms with Crippen LogP contribution in [0.1, 0.15) is 33.1 Å². The molecule has 0 bridgehead atoms. The summed E-state index contributed by atoms with van der Waals surface area (Å²) < 4.78 is 0. The number of aliphatic hydroxyl groups is 2. The molecule has 0 saturated carbocycles. The van der Waals surface area contributed by atoms with Crippen LogP contribution in [-0.4, -0.2) is 63.0 Å². The summed E-state index contributed by atoms with van der Waals surface area (Å²) in [5.41, 5.74) is 0. The van der Waals surface area contributed by atoms with Crippen molar-refractivity contribution in [3.05, 3.63) is 0 Å². The SMILES string of the molecule is CC(C)CSC1CC(=O)N(CC(=O)CCC(O)CO)C1=O. The number of imide groups is 1. The summed E-state index contributed by atoms with van der Waals surface area (Å²) in [4.78, 5) is 36.7. The molecule has 2 amide bonds. The second-order valence-electron chi connectivity index (χ2n) is 5.65. The molecule has 0 radical (unpaired) electrons. The fraction of sp³-hybridized carbons (Fsp3) is 0.786. The molecular formula is C14H23NO5S. The number of rotatable bonds is 9. The number of carbonyl (C=O) groups is 3. The minimum absolute atomic E-state index is 0.0442. The van der Waals surface area contributed by atoms with Gasteiger partial charge in [-0.05, 0) is 18.1 Å². The highest BCUT2D eigenvalue weighted by Gasteiger charge is 2.39. The van der Waals surface area contributed by atoms with Crippen molar-refractivity contribution in [2.24, 2.45) is 5.92 Å². The number of likely N-dealkylation sites (tertiary alicyclic amines) is 1. The van der Waals surface area contributed by atoms with Gasteiger partial charge < -0.3 is 10.2 Å². The van der Waals surface area contributed by atoms with E-state index < -0.39 is 12.7 Å². The van der Waals surface area contributed by atoms with E-state index >= 15 is 0 Å². The number of amides is 2. The number of nitrogens with zero attached hydrogens (tertiary/aromatic N) is 1. The molecule has 1 rings (SSSR count). The molecule has 1 saturated heterocycles. The topological polar surface area (TPSA) is 94.9 Å². The van der Waals surface area contributed by atoms with Crippen molar-refractivity contribution in [3.63, 3.8) is 0 Å². The molecule has 21 heavy (non-hydrogen) atoms. The third kappa shape index (κ3) is 5.76. The Balaban J connectivity index is 2.46. The van der Waals surface area contributed by atoms with E-state index in [0.717, 1.165) is 10.7 Å². The normalized spacial score (nSPS) is 20.4. The van der Waals surface area contributed by atoms with Crippen molar-refractivity contribution in [1.82, 2.24) is 4.90 Å². The van der Waals surface area contributed by atoms with E-state index in [1.807, 2.05) is 13.8 Å². The average molecular weight is 317 g/mol. The largest absolute Gasteiger partial charge is 0.394 e. The van der Waals surface area contributed by atoms with Crippen molar-refractivity contribution in [2.45, 2.75) is 44.5 Å². The predicted molar refractivity (Wildman–Crippen MR) is 79.8 cm³/mol. The van der Waals surface area contributed by atoms with Gasteiger partial charge in [-0.2, -0.15) is 0 Å². The monoisotopic (exact) mass is 317 g/mol. The second kappa shape index (κ2) is 8.51. The van der Waals surface area contributed by atoms with Crippen LogP contribution in [-0.2, 0) is 14.4 Å². The number of thioether (sulfide) groups is 1. The Kier molecular flexibility index (Phi) is 7.34. The highest BCUT2D eigenvalue weighted by molar-refractivity contribution is 8.00. The van der Waals surface area contributed by atoms with Crippen LogP contribution in [0.15, 0.2) is 0 Å². The number of aliphatic hydroxyl groups excluding tert-OH is 2. The van der Waals surface area contributed by atoms with Crippen LogP contribution < -0.4 is 0 Å². The first kappa shape index (κ1) is 18.1. The highest BCUT2D eigenvalue weighted by atomic mass is 32.2. The van der Waals surface area contributed by atoms with Crippen LogP contribution in [0.25, 0.3) is 0 Å². The van der Waals surface area contributed by atoms with Gasteiger partial charge in [-0.1, -0.05) is 13.8 Å². The van der Waals surface area contributed by atoms with Gasteiger partial charge in [0, 0.05) is 12.8 Å². The van der Waals surface area contributed by atoms with Crippen molar-refractivity contribution >= 4 is 29.4 Å². The van der Waals surface area contributed by atoms with Gasteiger partial charge in [0.05, 0.1) is 24.5 Å². The zero-order chi connectivity index (χ0) is 16.0. The van der Waals surface area contributed by atoms with Gasteiger partial charge in [-0.25, -0.2) is 0 Å². The number of carbonyl (C=O) groups excluding carboxylic acids is 3. The molecule has 2 N–H and O–H groups in total. The molecule has 7 heteroatoms. The molecule has 0 aromatic rings. The zero-order valence-electron chi connectivity index (χ0n) is 12.4. The van der Waals surface area contributed by atoms with E-state index in [0.29, 0.717) is 5.92 Å².